The Kier molecular flexibility index (Phi) is 6.26. The van der Waals surface area contributed by atoms with Gasteiger partial charge in [0.15, 0.2) is 9.84 Å². The van der Waals surface area contributed by atoms with Gasteiger partial charge in [-0.05, 0) is 17.7 Å². The molecular formula is C19H16ClN5O5S. The molecule has 3 rings (SSSR count). The Hall–Kier alpha value is -3.46. The number of hydrogen-bond donors (Lipinski definition) is 1. The minimum absolute atomic E-state index is 0.0319. The molecule has 0 fully saturated rings. The van der Waals surface area contributed by atoms with Crippen molar-refractivity contribution >= 4 is 27.1 Å². The van der Waals surface area contributed by atoms with Crippen LogP contribution in [-0.4, -0.2) is 35.8 Å². The maximum atomic E-state index is 12.3. The molecule has 1 aliphatic heterocycles. The van der Waals surface area contributed by atoms with E-state index in [4.69, 9.17) is 27.4 Å². The third-order valence-electron chi connectivity index (χ3n) is 4.26. The zero-order chi connectivity index (χ0) is 22.8. The van der Waals surface area contributed by atoms with Gasteiger partial charge >= 0.3 is 5.70 Å². The van der Waals surface area contributed by atoms with Crippen molar-refractivity contribution in [1.29, 1.82) is 5.26 Å². The number of sulfone groups is 1. The minimum atomic E-state index is -3.91. The van der Waals surface area contributed by atoms with Gasteiger partial charge in [0.25, 0.3) is 5.88 Å². The van der Waals surface area contributed by atoms with Crippen LogP contribution in [0.4, 0.5) is 0 Å². The number of nitro groups is 1. The van der Waals surface area contributed by atoms with Crippen LogP contribution in [-0.2, 0) is 16.3 Å². The number of nitrogens with two attached hydrogens (primary N) is 1. The van der Waals surface area contributed by atoms with Gasteiger partial charge in [-0.2, -0.15) is 5.26 Å². The van der Waals surface area contributed by atoms with Crippen molar-refractivity contribution < 1.29 is 18.1 Å². The summed E-state index contributed by atoms with van der Waals surface area (Å²) in [6.45, 7) is 0. The maximum absolute atomic E-state index is 12.3. The van der Waals surface area contributed by atoms with Gasteiger partial charge in [-0.1, -0.05) is 41.9 Å². The van der Waals surface area contributed by atoms with E-state index in [1.807, 2.05) is 6.07 Å². The van der Waals surface area contributed by atoms with E-state index in [-0.39, 0.29) is 28.5 Å². The highest BCUT2D eigenvalue weighted by Crippen LogP contribution is 2.31. The second kappa shape index (κ2) is 8.73. The number of halogens is 1. The lowest BCUT2D eigenvalue weighted by molar-refractivity contribution is -0.419. The smallest absolute Gasteiger partial charge is 0.351 e. The zero-order valence-electron chi connectivity index (χ0n) is 16.1. The van der Waals surface area contributed by atoms with Crippen LogP contribution in [0.25, 0.3) is 0 Å². The molecule has 31 heavy (non-hydrogen) atoms. The summed E-state index contributed by atoms with van der Waals surface area (Å²) in [5.41, 5.74) is -1.54. The number of nitriles is 1. The molecule has 0 aromatic heterocycles. The Balaban J connectivity index is 2.18. The van der Waals surface area contributed by atoms with Crippen molar-refractivity contribution in [2.45, 2.75) is 11.9 Å². The molecule has 0 saturated carbocycles. The number of nitrogens with zero attached hydrogens (tertiary/aromatic N) is 4. The Bertz CT molecular complexity index is 1240. The summed E-state index contributed by atoms with van der Waals surface area (Å²) in [6, 6.07) is 14.7. The van der Waals surface area contributed by atoms with Crippen LogP contribution < -0.4 is 10.6 Å². The summed E-state index contributed by atoms with van der Waals surface area (Å²) in [7, 11) is -3.91. The normalized spacial score (nSPS) is 16.5. The Morgan fingerprint density at radius 1 is 1.32 bits per heavy atom. The SMILES string of the molecule is CS(=O)(=O)C1N=C(Cc2ccccc2)C([N+](=O)[O-])=C(Oc2cc(C#N)ccc2Cl)N1N. The molecule has 1 atom stereocenters. The van der Waals surface area contributed by atoms with Crippen LogP contribution in [0, 0.1) is 21.4 Å². The standard InChI is InChI=1S/C19H16ClN5O5S/c1-31(28,29)19-23-15(9-12-5-3-2-4-6-12)17(25(26)27)18(24(19)22)30-16-10-13(11-21)7-8-14(16)20/h2-8,10,19H,9,22H2,1H3. The average Bonchev–Trinajstić information content (AvgIpc) is 2.71. The first-order valence-electron chi connectivity index (χ1n) is 8.71. The van der Waals surface area contributed by atoms with Gasteiger partial charge in [0, 0.05) is 18.7 Å². The molecule has 0 spiro atoms. The van der Waals surface area contributed by atoms with Gasteiger partial charge in [0.1, 0.15) is 11.5 Å². The van der Waals surface area contributed by atoms with Crippen LogP contribution >= 0.6 is 11.6 Å². The Morgan fingerprint density at radius 2 is 2.00 bits per heavy atom. The van der Waals surface area contributed by atoms with Gasteiger partial charge in [-0.25, -0.2) is 24.3 Å². The van der Waals surface area contributed by atoms with E-state index in [0.717, 1.165) is 6.26 Å². The lowest BCUT2D eigenvalue weighted by Crippen LogP contribution is -2.50. The second-order valence-electron chi connectivity index (χ2n) is 6.57. The van der Waals surface area contributed by atoms with Crippen LogP contribution in [0.2, 0.25) is 5.02 Å². The topological polar surface area (TPSA) is 152 Å². The zero-order valence-corrected chi connectivity index (χ0v) is 17.7. The fourth-order valence-corrected chi connectivity index (χ4v) is 3.85. The predicted octanol–water partition coefficient (Wildman–Crippen LogP) is 2.24. The quantitative estimate of drug-likeness (QED) is 0.390. The van der Waals surface area contributed by atoms with Crippen molar-refractivity contribution in [3.63, 3.8) is 0 Å². The Labute approximate surface area is 182 Å². The molecule has 2 N–H and O–H groups in total. The number of allylic oxidation sites excluding steroid dienone is 1. The number of hydrazine groups is 1. The van der Waals surface area contributed by atoms with Gasteiger partial charge in [0.2, 0.25) is 5.50 Å². The van der Waals surface area contributed by atoms with E-state index in [9.17, 15) is 18.5 Å². The number of ether oxygens (including phenoxy) is 1. The third-order valence-corrected chi connectivity index (χ3v) is 5.67. The van der Waals surface area contributed by atoms with Crippen molar-refractivity contribution in [3.8, 4) is 11.8 Å². The Morgan fingerprint density at radius 3 is 2.58 bits per heavy atom. The van der Waals surface area contributed by atoms with Gasteiger partial charge < -0.3 is 4.74 Å². The number of rotatable bonds is 6. The molecule has 10 nitrogen and oxygen atoms in total. The van der Waals surface area contributed by atoms with E-state index >= 15 is 0 Å². The highest BCUT2D eigenvalue weighted by atomic mass is 35.5. The summed E-state index contributed by atoms with van der Waals surface area (Å²) in [4.78, 5) is 15.2. The van der Waals surface area contributed by atoms with Crippen LogP contribution in [0.15, 0.2) is 65.1 Å². The monoisotopic (exact) mass is 461 g/mol. The fourth-order valence-electron chi connectivity index (χ4n) is 2.86. The minimum Gasteiger partial charge on any atom is -0.432 e. The van der Waals surface area contributed by atoms with Crippen molar-refractivity contribution in [2.75, 3.05) is 6.26 Å². The summed E-state index contributed by atoms with van der Waals surface area (Å²) >= 11 is 6.11. The highest BCUT2D eigenvalue weighted by Gasteiger charge is 2.42. The van der Waals surface area contributed by atoms with Crippen molar-refractivity contribution in [2.24, 2.45) is 10.8 Å². The molecule has 1 unspecified atom stereocenters. The van der Waals surface area contributed by atoms with E-state index in [1.54, 1.807) is 30.3 Å². The first kappa shape index (κ1) is 22.2. The maximum Gasteiger partial charge on any atom is 0.351 e. The summed E-state index contributed by atoms with van der Waals surface area (Å²) < 4.78 is 30.2. The second-order valence-corrected chi connectivity index (χ2v) is 9.06. The number of hydrogen-bond acceptors (Lipinski definition) is 9. The number of aliphatic imine (C=N–C) groups is 1. The number of benzene rings is 2. The molecule has 0 bridgehead atoms. The third kappa shape index (κ3) is 4.83. The summed E-state index contributed by atoms with van der Waals surface area (Å²) in [5, 5.41) is 21.7. The predicted molar refractivity (Wildman–Crippen MR) is 113 cm³/mol. The lowest BCUT2D eigenvalue weighted by Gasteiger charge is -2.30. The molecule has 0 amide bonds. The molecule has 1 aliphatic rings. The molecule has 0 radical (unpaired) electrons. The molecular weight excluding hydrogens is 446 g/mol. The summed E-state index contributed by atoms with van der Waals surface area (Å²) in [6.07, 6.45) is 0.870. The van der Waals surface area contributed by atoms with E-state index < -0.39 is 31.8 Å². The molecule has 12 heteroatoms. The first-order valence-corrected chi connectivity index (χ1v) is 11.0. The fraction of sp³-hybridized carbons (Fsp3) is 0.158. The molecule has 160 valence electrons. The molecule has 2 aromatic rings. The first-order chi connectivity index (χ1) is 14.6. The largest absolute Gasteiger partial charge is 0.432 e. The van der Waals surface area contributed by atoms with Gasteiger partial charge in [-0.15, -0.1) is 0 Å². The van der Waals surface area contributed by atoms with E-state index in [0.29, 0.717) is 10.6 Å². The molecule has 1 heterocycles. The van der Waals surface area contributed by atoms with Crippen molar-refractivity contribution in [3.05, 3.63) is 86.4 Å². The molecule has 0 aliphatic carbocycles. The highest BCUT2D eigenvalue weighted by molar-refractivity contribution is 7.91. The summed E-state index contributed by atoms with van der Waals surface area (Å²) in [5.74, 6) is 5.26. The average molecular weight is 462 g/mol. The molecule has 2 aromatic carbocycles. The van der Waals surface area contributed by atoms with Gasteiger partial charge in [-0.3, -0.25) is 10.1 Å². The van der Waals surface area contributed by atoms with Gasteiger partial charge in [0.05, 0.1) is 21.6 Å². The van der Waals surface area contributed by atoms with E-state index in [1.165, 1.54) is 18.2 Å². The van der Waals surface area contributed by atoms with Crippen LogP contribution in [0.3, 0.4) is 0 Å². The molecule has 0 saturated heterocycles. The van der Waals surface area contributed by atoms with Crippen molar-refractivity contribution in [1.82, 2.24) is 5.01 Å². The van der Waals surface area contributed by atoms with Crippen LogP contribution in [0.5, 0.6) is 5.75 Å². The van der Waals surface area contributed by atoms with Crippen LogP contribution in [0.1, 0.15) is 11.1 Å². The van der Waals surface area contributed by atoms with E-state index in [2.05, 4.69) is 4.99 Å². The lowest BCUT2D eigenvalue weighted by atomic mass is 10.1.